The van der Waals surface area contributed by atoms with Crippen LogP contribution in [0.2, 0.25) is 0 Å². The molecule has 2 aromatic rings. The van der Waals surface area contributed by atoms with Crippen molar-refractivity contribution in [2.24, 2.45) is 0 Å². The van der Waals surface area contributed by atoms with E-state index in [1.165, 1.54) is 0 Å². The molecular formula is C21H20O3. The highest BCUT2D eigenvalue weighted by Crippen LogP contribution is 2.39. The topological polar surface area (TPSA) is 46.5 Å². The summed E-state index contributed by atoms with van der Waals surface area (Å²) in [7, 11) is 1.65. The second-order valence-electron chi connectivity index (χ2n) is 5.86. The molecule has 0 saturated carbocycles. The van der Waals surface area contributed by atoms with Gasteiger partial charge in [0.1, 0.15) is 5.75 Å². The van der Waals surface area contributed by atoms with Crippen LogP contribution in [0.3, 0.4) is 0 Å². The van der Waals surface area contributed by atoms with Gasteiger partial charge in [0.25, 0.3) is 0 Å². The van der Waals surface area contributed by atoms with Gasteiger partial charge in [-0.1, -0.05) is 60.7 Å². The van der Waals surface area contributed by atoms with E-state index < -0.39 is 5.97 Å². The molecule has 0 fully saturated rings. The van der Waals surface area contributed by atoms with Gasteiger partial charge >= 0.3 is 5.97 Å². The molecular weight excluding hydrogens is 300 g/mol. The molecule has 0 bridgehead atoms. The first-order chi connectivity index (χ1) is 11.7. The summed E-state index contributed by atoms with van der Waals surface area (Å²) in [5.41, 5.74) is 2.70. The number of carboxylic acid groups (broad SMARTS) is 1. The van der Waals surface area contributed by atoms with Gasteiger partial charge in [-0.15, -0.1) is 0 Å². The fourth-order valence-electron chi connectivity index (χ4n) is 3.13. The second-order valence-corrected chi connectivity index (χ2v) is 5.86. The van der Waals surface area contributed by atoms with Crippen LogP contribution in [0.4, 0.5) is 0 Å². The standard InChI is InChI=1S/C21H20O3/c1-24-18-12-10-16(11-13-18)19-9-5-8-17(21(22)23)14-20(19)15-6-3-2-4-7-15/h2-7,9-14,19-20H,8H2,1H3,(H,22,23). The molecule has 0 spiro atoms. The largest absolute Gasteiger partial charge is 0.497 e. The van der Waals surface area contributed by atoms with Crippen molar-refractivity contribution in [3.05, 3.63) is 89.5 Å². The van der Waals surface area contributed by atoms with E-state index in [0.717, 1.165) is 16.9 Å². The minimum Gasteiger partial charge on any atom is -0.497 e. The van der Waals surface area contributed by atoms with Crippen LogP contribution in [0.15, 0.2) is 78.4 Å². The molecule has 24 heavy (non-hydrogen) atoms. The number of carboxylic acids is 1. The first-order valence-corrected chi connectivity index (χ1v) is 7.98. The Labute approximate surface area is 141 Å². The molecule has 1 aliphatic rings. The van der Waals surface area contributed by atoms with Gasteiger partial charge < -0.3 is 9.84 Å². The summed E-state index contributed by atoms with van der Waals surface area (Å²) in [5, 5.41) is 9.43. The number of carbonyl (C=O) groups is 1. The van der Waals surface area contributed by atoms with Crippen LogP contribution in [0.5, 0.6) is 5.75 Å². The maximum Gasteiger partial charge on any atom is 0.331 e. The fraction of sp³-hybridized carbons (Fsp3) is 0.190. The molecule has 122 valence electrons. The molecule has 0 aromatic heterocycles. The van der Waals surface area contributed by atoms with Crippen molar-refractivity contribution in [3.63, 3.8) is 0 Å². The number of benzene rings is 2. The smallest absolute Gasteiger partial charge is 0.331 e. The molecule has 0 heterocycles. The lowest BCUT2D eigenvalue weighted by Crippen LogP contribution is -2.09. The monoisotopic (exact) mass is 320 g/mol. The van der Waals surface area contributed by atoms with Crippen molar-refractivity contribution < 1.29 is 14.6 Å². The highest BCUT2D eigenvalue weighted by molar-refractivity contribution is 5.87. The number of hydrogen-bond donors (Lipinski definition) is 1. The summed E-state index contributed by atoms with van der Waals surface area (Å²) in [6.45, 7) is 0. The molecule has 2 unspecified atom stereocenters. The van der Waals surface area contributed by atoms with Gasteiger partial charge in [-0.2, -0.15) is 0 Å². The van der Waals surface area contributed by atoms with Gasteiger partial charge in [0.05, 0.1) is 7.11 Å². The zero-order valence-electron chi connectivity index (χ0n) is 13.6. The van der Waals surface area contributed by atoms with E-state index in [2.05, 4.69) is 18.2 Å². The van der Waals surface area contributed by atoms with Crippen LogP contribution in [-0.2, 0) is 4.79 Å². The Bertz CT molecular complexity index is 757. The Morgan fingerprint density at radius 1 is 1.00 bits per heavy atom. The van der Waals surface area contributed by atoms with Crippen LogP contribution < -0.4 is 4.74 Å². The number of allylic oxidation sites excluding steroid dienone is 3. The number of aliphatic carboxylic acids is 1. The quantitative estimate of drug-likeness (QED) is 0.842. The van der Waals surface area contributed by atoms with Gasteiger partial charge in [0.2, 0.25) is 0 Å². The maximum atomic E-state index is 11.5. The number of hydrogen-bond acceptors (Lipinski definition) is 2. The number of ether oxygens (including phenoxy) is 1. The molecule has 2 aromatic carbocycles. The first kappa shape index (κ1) is 16.1. The van der Waals surface area contributed by atoms with E-state index in [0.29, 0.717) is 12.0 Å². The van der Waals surface area contributed by atoms with Crippen LogP contribution in [0.25, 0.3) is 0 Å². The summed E-state index contributed by atoms with van der Waals surface area (Å²) in [4.78, 5) is 11.5. The maximum absolute atomic E-state index is 11.5. The third-order valence-corrected chi connectivity index (χ3v) is 4.41. The Balaban J connectivity index is 2.05. The molecule has 3 nitrogen and oxygen atoms in total. The summed E-state index contributed by atoms with van der Waals surface area (Å²) in [6, 6.07) is 18.0. The van der Waals surface area contributed by atoms with Gasteiger partial charge in [0, 0.05) is 17.4 Å². The van der Waals surface area contributed by atoms with Gasteiger partial charge in [-0.25, -0.2) is 4.79 Å². The van der Waals surface area contributed by atoms with Crippen molar-refractivity contribution in [2.75, 3.05) is 7.11 Å². The SMILES string of the molecule is COc1ccc(C2C=CCC(C(=O)O)=CC2c2ccccc2)cc1. The normalized spacial score (nSPS) is 20.1. The van der Waals surface area contributed by atoms with Crippen LogP contribution in [0.1, 0.15) is 29.4 Å². The molecule has 0 aliphatic heterocycles. The zero-order valence-corrected chi connectivity index (χ0v) is 13.6. The average Bonchev–Trinajstić information content (AvgIpc) is 2.86. The molecule has 0 amide bonds. The molecule has 2 atom stereocenters. The highest BCUT2D eigenvalue weighted by Gasteiger charge is 2.24. The molecule has 0 saturated heterocycles. The summed E-state index contributed by atoms with van der Waals surface area (Å²) >= 11 is 0. The fourth-order valence-corrected chi connectivity index (χ4v) is 3.13. The molecule has 0 radical (unpaired) electrons. The molecule has 1 N–H and O–H groups in total. The van der Waals surface area contributed by atoms with E-state index >= 15 is 0 Å². The molecule has 3 rings (SSSR count). The zero-order chi connectivity index (χ0) is 16.9. The van der Waals surface area contributed by atoms with Crippen LogP contribution in [0, 0.1) is 0 Å². The van der Waals surface area contributed by atoms with E-state index in [-0.39, 0.29) is 11.8 Å². The van der Waals surface area contributed by atoms with Crippen LogP contribution >= 0.6 is 0 Å². The van der Waals surface area contributed by atoms with Crippen LogP contribution in [-0.4, -0.2) is 18.2 Å². The van der Waals surface area contributed by atoms with Gasteiger partial charge in [-0.3, -0.25) is 0 Å². The molecule has 3 heteroatoms. The predicted octanol–water partition coefficient (Wildman–Crippen LogP) is 4.53. The Kier molecular flexibility index (Phi) is 4.80. The lowest BCUT2D eigenvalue weighted by molar-refractivity contribution is -0.132. The first-order valence-electron chi connectivity index (χ1n) is 7.98. The van der Waals surface area contributed by atoms with Crippen molar-refractivity contribution in [1.82, 2.24) is 0 Å². The Morgan fingerprint density at radius 3 is 2.29 bits per heavy atom. The minimum absolute atomic E-state index is 0.00977. The third-order valence-electron chi connectivity index (χ3n) is 4.41. The Morgan fingerprint density at radius 2 is 1.67 bits per heavy atom. The molecule has 1 aliphatic carbocycles. The van der Waals surface area contributed by atoms with Crippen molar-refractivity contribution in [2.45, 2.75) is 18.3 Å². The minimum atomic E-state index is -0.851. The number of rotatable bonds is 4. The van der Waals surface area contributed by atoms with E-state index in [4.69, 9.17) is 4.74 Å². The summed E-state index contributed by atoms with van der Waals surface area (Å²) in [5.74, 6) is 0.0462. The lowest BCUT2D eigenvalue weighted by atomic mass is 9.81. The van der Waals surface area contributed by atoms with E-state index in [1.54, 1.807) is 7.11 Å². The Hall–Kier alpha value is -2.81. The third kappa shape index (κ3) is 3.40. The van der Waals surface area contributed by atoms with Crippen molar-refractivity contribution >= 4 is 5.97 Å². The second kappa shape index (κ2) is 7.18. The van der Waals surface area contributed by atoms with E-state index in [9.17, 15) is 9.90 Å². The van der Waals surface area contributed by atoms with Crippen molar-refractivity contribution in [3.8, 4) is 5.75 Å². The van der Waals surface area contributed by atoms with Gasteiger partial charge in [0.15, 0.2) is 0 Å². The summed E-state index contributed by atoms with van der Waals surface area (Å²) < 4.78 is 5.23. The van der Waals surface area contributed by atoms with E-state index in [1.807, 2.05) is 54.6 Å². The summed E-state index contributed by atoms with van der Waals surface area (Å²) in [6.07, 6.45) is 6.42. The highest BCUT2D eigenvalue weighted by atomic mass is 16.5. The lowest BCUT2D eigenvalue weighted by Gasteiger charge is -2.23. The van der Waals surface area contributed by atoms with Crippen molar-refractivity contribution in [1.29, 1.82) is 0 Å². The average molecular weight is 320 g/mol. The predicted molar refractivity (Wildman–Crippen MR) is 94.4 cm³/mol. The van der Waals surface area contributed by atoms with Gasteiger partial charge in [-0.05, 0) is 29.7 Å². The number of methoxy groups -OCH3 is 1.